The summed E-state index contributed by atoms with van der Waals surface area (Å²) in [4.78, 5) is 27.3. The van der Waals surface area contributed by atoms with Crippen LogP contribution in [-0.2, 0) is 18.4 Å². The van der Waals surface area contributed by atoms with Crippen LogP contribution in [0.1, 0.15) is 15.9 Å². The predicted octanol–water partition coefficient (Wildman–Crippen LogP) is 2.14. The van der Waals surface area contributed by atoms with Gasteiger partial charge in [-0.05, 0) is 17.7 Å². The van der Waals surface area contributed by atoms with Crippen LogP contribution in [0.25, 0.3) is 0 Å². The summed E-state index contributed by atoms with van der Waals surface area (Å²) >= 11 is 0. The van der Waals surface area contributed by atoms with Gasteiger partial charge in [0.05, 0.1) is 24.0 Å². The smallest absolute Gasteiger partial charge is 0.263 e. The van der Waals surface area contributed by atoms with Crippen LogP contribution < -0.4 is 15.0 Å². The van der Waals surface area contributed by atoms with Gasteiger partial charge < -0.3 is 15.0 Å². The van der Waals surface area contributed by atoms with Gasteiger partial charge in [0, 0.05) is 19.8 Å². The number of ether oxygens (including phenoxy) is 1. The van der Waals surface area contributed by atoms with Gasteiger partial charge in [0.15, 0.2) is 6.10 Å². The largest absolute Gasteiger partial charge is 0.477 e. The topological polar surface area (TPSA) is 76.5 Å². The normalized spacial score (nSPS) is 15.5. The van der Waals surface area contributed by atoms with Crippen molar-refractivity contribution in [1.29, 1.82) is 0 Å². The van der Waals surface area contributed by atoms with Crippen molar-refractivity contribution in [2.24, 2.45) is 7.05 Å². The highest BCUT2D eigenvalue weighted by molar-refractivity contribution is 6.07. The highest BCUT2D eigenvalue weighted by Crippen LogP contribution is 2.34. The number of hydrogen-bond acceptors (Lipinski definition) is 4. The first kappa shape index (κ1) is 17.8. The van der Waals surface area contributed by atoms with Crippen molar-refractivity contribution in [3.8, 4) is 5.75 Å². The predicted molar refractivity (Wildman–Crippen MR) is 104 cm³/mol. The van der Waals surface area contributed by atoms with Gasteiger partial charge in [0.25, 0.3) is 11.8 Å². The second-order valence-corrected chi connectivity index (χ2v) is 6.60. The summed E-state index contributed by atoms with van der Waals surface area (Å²) in [5, 5.41) is 6.95. The zero-order valence-corrected chi connectivity index (χ0v) is 15.4. The molecule has 0 aliphatic carbocycles. The van der Waals surface area contributed by atoms with Crippen molar-refractivity contribution in [2.75, 3.05) is 11.4 Å². The second kappa shape index (κ2) is 7.56. The number of rotatable bonds is 4. The molecular weight excluding hydrogens is 356 g/mol. The van der Waals surface area contributed by atoms with Gasteiger partial charge in [-0.2, -0.15) is 5.10 Å². The zero-order chi connectivity index (χ0) is 19.5. The third kappa shape index (κ3) is 3.59. The molecule has 0 spiro atoms. The van der Waals surface area contributed by atoms with Crippen molar-refractivity contribution < 1.29 is 14.3 Å². The Balaban J connectivity index is 1.54. The van der Waals surface area contributed by atoms with E-state index in [9.17, 15) is 9.59 Å². The van der Waals surface area contributed by atoms with Gasteiger partial charge in [-0.1, -0.05) is 42.5 Å². The minimum absolute atomic E-state index is 0.130. The van der Waals surface area contributed by atoms with Crippen molar-refractivity contribution in [3.63, 3.8) is 0 Å². The molecule has 0 radical (unpaired) electrons. The molecule has 28 heavy (non-hydrogen) atoms. The van der Waals surface area contributed by atoms with Crippen LogP contribution in [0, 0.1) is 0 Å². The molecule has 0 unspecified atom stereocenters. The summed E-state index contributed by atoms with van der Waals surface area (Å²) < 4.78 is 7.45. The molecule has 2 amide bonds. The number of benzene rings is 2. The van der Waals surface area contributed by atoms with Crippen LogP contribution in [0.5, 0.6) is 5.75 Å². The fraction of sp³-hybridized carbons (Fsp3) is 0.190. The third-order valence-corrected chi connectivity index (χ3v) is 4.57. The van der Waals surface area contributed by atoms with E-state index < -0.39 is 6.10 Å². The van der Waals surface area contributed by atoms with Gasteiger partial charge in [-0.3, -0.25) is 14.3 Å². The van der Waals surface area contributed by atoms with Gasteiger partial charge in [-0.25, -0.2) is 0 Å². The first-order chi connectivity index (χ1) is 13.6. The summed E-state index contributed by atoms with van der Waals surface area (Å²) in [5.41, 5.74) is 2.10. The summed E-state index contributed by atoms with van der Waals surface area (Å²) in [7, 11) is 1.75. The molecule has 0 fully saturated rings. The van der Waals surface area contributed by atoms with E-state index >= 15 is 0 Å². The third-order valence-electron chi connectivity index (χ3n) is 4.57. The SMILES string of the molecule is Cn1cc(C(=O)N2C[C@@H](C(=O)NCc3ccccc3)Oc3ccccc32)cn1. The lowest BCUT2D eigenvalue weighted by Crippen LogP contribution is -2.50. The minimum atomic E-state index is -0.792. The molecule has 1 N–H and O–H groups in total. The van der Waals surface area contributed by atoms with E-state index in [1.807, 2.05) is 48.5 Å². The number of anilines is 1. The molecule has 1 aliphatic rings. The number of nitrogens with zero attached hydrogens (tertiary/aromatic N) is 3. The standard InChI is InChI=1S/C21H20N4O3/c1-24-13-16(12-23-24)21(27)25-14-19(28-18-10-6-5-9-17(18)25)20(26)22-11-15-7-3-2-4-8-15/h2-10,12-13,19H,11,14H2,1H3,(H,22,26)/t19-/m0/s1. The van der Waals surface area contributed by atoms with E-state index in [4.69, 9.17) is 4.74 Å². The summed E-state index contributed by atoms with van der Waals surface area (Å²) in [6.07, 6.45) is 2.38. The Hall–Kier alpha value is -3.61. The summed E-state index contributed by atoms with van der Waals surface area (Å²) in [6, 6.07) is 16.9. The Morgan fingerprint density at radius 2 is 1.89 bits per heavy atom. The molecule has 4 rings (SSSR count). The Morgan fingerprint density at radius 1 is 1.14 bits per heavy atom. The highest BCUT2D eigenvalue weighted by atomic mass is 16.5. The van der Waals surface area contributed by atoms with Crippen molar-refractivity contribution in [3.05, 3.63) is 78.1 Å². The average Bonchev–Trinajstić information content (AvgIpc) is 3.17. The van der Waals surface area contributed by atoms with E-state index in [-0.39, 0.29) is 18.4 Å². The first-order valence-electron chi connectivity index (χ1n) is 8.99. The van der Waals surface area contributed by atoms with Gasteiger partial charge >= 0.3 is 0 Å². The quantitative estimate of drug-likeness (QED) is 0.757. The number of carbonyl (C=O) groups is 2. The lowest BCUT2D eigenvalue weighted by Gasteiger charge is -2.34. The van der Waals surface area contributed by atoms with Crippen LogP contribution >= 0.6 is 0 Å². The number of amides is 2. The van der Waals surface area contributed by atoms with Gasteiger partial charge in [0.1, 0.15) is 5.75 Å². The van der Waals surface area contributed by atoms with Crippen molar-refractivity contribution in [1.82, 2.24) is 15.1 Å². The number of para-hydroxylation sites is 2. The molecule has 1 aromatic heterocycles. The molecule has 1 atom stereocenters. The maximum atomic E-state index is 13.0. The number of aryl methyl sites for hydroxylation is 1. The molecule has 2 heterocycles. The Morgan fingerprint density at radius 3 is 2.64 bits per heavy atom. The molecule has 7 nitrogen and oxygen atoms in total. The first-order valence-corrected chi connectivity index (χ1v) is 8.99. The van der Waals surface area contributed by atoms with Crippen LogP contribution in [-0.4, -0.2) is 34.2 Å². The van der Waals surface area contributed by atoms with E-state index in [1.54, 1.807) is 28.9 Å². The summed E-state index contributed by atoms with van der Waals surface area (Å²) in [6.45, 7) is 0.531. The van der Waals surface area contributed by atoms with E-state index in [0.29, 0.717) is 23.5 Å². The van der Waals surface area contributed by atoms with Crippen molar-refractivity contribution >= 4 is 17.5 Å². The summed E-state index contributed by atoms with van der Waals surface area (Å²) in [5.74, 6) is 0.0258. The fourth-order valence-corrected chi connectivity index (χ4v) is 3.15. The van der Waals surface area contributed by atoms with E-state index in [0.717, 1.165) is 5.56 Å². The fourth-order valence-electron chi connectivity index (χ4n) is 3.15. The van der Waals surface area contributed by atoms with Crippen LogP contribution in [0.2, 0.25) is 0 Å². The number of aromatic nitrogens is 2. The van der Waals surface area contributed by atoms with Crippen LogP contribution in [0.3, 0.4) is 0 Å². The van der Waals surface area contributed by atoms with Crippen LogP contribution in [0.15, 0.2) is 67.0 Å². The van der Waals surface area contributed by atoms with Crippen LogP contribution in [0.4, 0.5) is 5.69 Å². The zero-order valence-electron chi connectivity index (χ0n) is 15.4. The number of nitrogens with one attached hydrogen (secondary N) is 1. The molecule has 0 saturated carbocycles. The number of hydrogen-bond donors (Lipinski definition) is 1. The molecule has 3 aromatic rings. The molecule has 7 heteroatoms. The molecule has 142 valence electrons. The van der Waals surface area contributed by atoms with Gasteiger partial charge in [0.2, 0.25) is 0 Å². The minimum Gasteiger partial charge on any atom is -0.477 e. The highest BCUT2D eigenvalue weighted by Gasteiger charge is 2.34. The number of fused-ring (bicyclic) bond motifs is 1. The second-order valence-electron chi connectivity index (χ2n) is 6.60. The molecule has 2 aromatic carbocycles. The lowest BCUT2D eigenvalue weighted by molar-refractivity contribution is -0.127. The van der Waals surface area contributed by atoms with Crippen molar-refractivity contribution in [2.45, 2.75) is 12.6 Å². The maximum absolute atomic E-state index is 13.0. The van der Waals surface area contributed by atoms with E-state index in [1.165, 1.54) is 6.20 Å². The molecular formula is C21H20N4O3. The number of carbonyl (C=O) groups excluding carboxylic acids is 2. The molecule has 1 aliphatic heterocycles. The maximum Gasteiger partial charge on any atom is 0.263 e. The Labute approximate surface area is 162 Å². The van der Waals surface area contributed by atoms with Gasteiger partial charge in [-0.15, -0.1) is 0 Å². The monoisotopic (exact) mass is 376 g/mol. The molecule has 0 bridgehead atoms. The lowest BCUT2D eigenvalue weighted by atomic mass is 10.1. The Kier molecular flexibility index (Phi) is 4.80. The molecule has 0 saturated heterocycles. The average molecular weight is 376 g/mol. The Bertz CT molecular complexity index is 1000. The van der Waals surface area contributed by atoms with E-state index in [2.05, 4.69) is 10.4 Å².